The molecule has 1 aliphatic heterocycles. The van der Waals surface area contributed by atoms with E-state index >= 15 is 0 Å². The van der Waals surface area contributed by atoms with Crippen LogP contribution in [0.2, 0.25) is 10.0 Å². The number of nitrogens with zero attached hydrogens (tertiary/aromatic N) is 2. The van der Waals surface area contributed by atoms with E-state index in [1.54, 1.807) is 23.1 Å². The molecule has 0 aliphatic carbocycles. The van der Waals surface area contributed by atoms with E-state index in [1.807, 2.05) is 13.8 Å². The van der Waals surface area contributed by atoms with Gasteiger partial charge in [0.05, 0.1) is 0 Å². The molecular formula is C15H17Cl2N3O2S. The van der Waals surface area contributed by atoms with Crippen LogP contribution in [0.15, 0.2) is 23.2 Å². The van der Waals surface area contributed by atoms with Gasteiger partial charge >= 0.3 is 0 Å². The van der Waals surface area contributed by atoms with Crippen molar-refractivity contribution in [3.05, 3.63) is 28.2 Å². The molecule has 1 aromatic carbocycles. The molecule has 1 atom stereocenters. The summed E-state index contributed by atoms with van der Waals surface area (Å²) < 4.78 is 0. The Morgan fingerprint density at radius 3 is 2.57 bits per heavy atom. The Morgan fingerprint density at radius 1 is 1.35 bits per heavy atom. The molecule has 8 heteroatoms. The lowest BCUT2D eigenvalue weighted by Crippen LogP contribution is -2.45. The number of benzene rings is 1. The number of aliphatic imine (C=N–C) groups is 1. The van der Waals surface area contributed by atoms with Crippen LogP contribution in [0, 0.1) is 0 Å². The number of carbonyl (C=O) groups is 2. The number of amidine groups is 1. The van der Waals surface area contributed by atoms with E-state index in [0.29, 0.717) is 34.0 Å². The molecule has 23 heavy (non-hydrogen) atoms. The SMILES string of the molecule is CCN=C1S[C@H](C(=O)Nc2cc(Cl)cc(Cl)c2)CC(=O)N1CC. The van der Waals surface area contributed by atoms with Crippen LogP contribution >= 0.6 is 35.0 Å². The van der Waals surface area contributed by atoms with E-state index in [2.05, 4.69) is 10.3 Å². The van der Waals surface area contributed by atoms with Crippen molar-refractivity contribution in [3.8, 4) is 0 Å². The maximum Gasteiger partial charge on any atom is 0.238 e. The average molecular weight is 374 g/mol. The van der Waals surface area contributed by atoms with E-state index in [4.69, 9.17) is 23.2 Å². The highest BCUT2D eigenvalue weighted by atomic mass is 35.5. The average Bonchev–Trinajstić information content (AvgIpc) is 2.46. The van der Waals surface area contributed by atoms with Crippen LogP contribution in [0.25, 0.3) is 0 Å². The molecule has 124 valence electrons. The summed E-state index contributed by atoms with van der Waals surface area (Å²) in [5.74, 6) is -0.357. The van der Waals surface area contributed by atoms with Gasteiger partial charge in [-0.05, 0) is 32.0 Å². The molecule has 1 aliphatic rings. The molecule has 1 saturated heterocycles. The van der Waals surface area contributed by atoms with Crippen molar-refractivity contribution in [2.75, 3.05) is 18.4 Å². The summed E-state index contributed by atoms with van der Waals surface area (Å²) in [6.45, 7) is 4.88. The Hall–Kier alpha value is -1.24. The zero-order valence-corrected chi connectivity index (χ0v) is 15.1. The fourth-order valence-corrected chi connectivity index (χ4v) is 3.91. The summed E-state index contributed by atoms with van der Waals surface area (Å²) in [6, 6.07) is 4.81. The molecule has 2 amide bonds. The number of hydrogen-bond donors (Lipinski definition) is 1. The predicted molar refractivity (Wildman–Crippen MR) is 96.5 cm³/mol. The summed E-state index contributed by atoms with van der Waals surface area (Å²) in [6.07, 6.45) is 0.140. The molecule has 0 aromatic heterocycles. The number of thioether (sulfide) groups is 1. The van der Waals surface area contributed by atoms with Gasteiger partial charge in [0, 0.05) is 35.2 Å². The van der Waals surface area contributed by atoms with Crippen LogP contribution in [0.5, 0.6) is 0 Å². The highest BCUT2D eigenvalue weighted by molar-refractivity contribution is 8.15. The summed E-state index contributed by atoms with van der Waals surface area (Å²) in [5, 5.41) is 3.70. The Kier molecular flexibility index (Phi) is 6.33. The number of halogens is 2. The van der Waals surface area contributed by atoms with Gasteiger partial charge in [0.2, 0.25) is 11.8 Å². The first-order valence-corrected chi connectivity index (χ1v) is 8.86. The molecule has 1 aromatic rings. The number of hydrogen-bond acceptors (Lipinski definition) is 4. The molecule has 0 spiro atoms. The van der Waals surface area contributed by atoms with Crippen LogP contribution in [0.3, 0.4) is 0 Å². The van der Waals surface area contributed by atoms with E-state index in [9.17, 15) is 9.59 Å². The molecule has 0 radical (unpaired) electrons. The molecule has 1 fully saturated rings. The summed E-state index contributed by atoms with van der Waals surface area (Å²) in [5.41, 5.74) is 0.507. The van der Waals surface area contributed by atoms with Crippen LogP contribution in [0.1, 0.15) is 20.3 Å². The number of anilines is 1. The zero-order valence-electron chi connectivity index (χ0n) is 12.8. The number of carbonyl (C=O) groups excluding carboxylic acids is 2. The first-order chi connectivity index (χ1) is 10.9. The molecule has 1 N–H and O–H groups in total. The van der Waals surface area contributed by atoms with E-state index < -0.39 is 5.25 Å². The minimum Gasteiger partial charge on any atom is -0.325 e. The van der Waals surface area contributed by atoms with Crippen LogP contribution in [0.4, 0.5) is 5.69 Å². The Morgan fingerprint density at radius 2 is 2.00 bits per heavy atom. The highest BCUT2D eigenvalue weighted by Crippen LogP contribution is 2.28. The van der Waals surface area contributed by atoms with E-state index in [-0.39, 0.29) is 18.2 Å². The van der Waals surface area contributed by atoms with Crippen LogP contribution in [-0.2, 0) is 9.59 Å². The predicted octanol–water partition coefficient (Wildman–Crippen LogP) is 3.66. The van der Waals surface area contributed by atoms with Gasteiger partial charge in [-0.3, -0.25) is 19.5 Å². The fourth-order valence-electron chi connectivity index (χ4n) is 2.17. The first-order valence-electron chi connectivity index (χ1n) is 7.23. The maximum atomic E-state index is 12.4. The fraction of sp³-hybridized carbons (Fsp3) is 0.400. The third-order valence-electron chi connectivity index (χ3n) is 3.17. The standard InChI is InChI=1S/C15H17Cl2N3O2S/c1-3-18-15-20(4-2)13(21)8-12(23-15)14(22)19-11-6-9(16)5-10(17)7-11/h5-7,12H,3-4,8H2,1-2H3,(H,19,22)/t12-/m0/s1. The number of rotatable bonds is 4. The Bertz CT molecular complexity index is 631. The number of nitrogens with one attached hydrogen (secondary N) is 1. The molecular weight excluding hydrogens is 357 g/mol. The van der Waals surface area contributed by atoms with Crippen LogP contribution < -0.4 is 5.32 Å². The minimum atomic E-state index is -0.520. The zero-order chi connectivity index (χ0) is 17.0. The second kappa shape index (κ2) is 8.04. The van der Waals surface area contributed by atoms with E-state index in [1.165, 1.54) is 11.8 Å². The Labute approximate surface area is 149 Å². The van der Waals surface area contributed by atoms with Crippen LogP contribution in [-0.4, -0.2) is 40.2 Å². The summed E-state index contributed by atoms with van der Waals surface area (Å²) >= 11 is 13.2. The van der Waals surface area contributed by atoms with Gasteiger partial charge in [0.25, 0.3) is 0 Å². The first kappa shape index (κ1) is 18.1. The van der Waals surface area contributed by atoms with Gasteiger partial charge in [-0.1, -0.05) is 35.0 Å². The Balaban J connectivity index is 2.13. The minimum absolute atomic E-state index is 0.0947. The third kappa shape index (κ3) is 4.62. The molecule has 0 bridgehead atoms. The molecule has 5 nitrogen and oxygen atoms in total. The maximum absolute atomic E-state index is 12.4. The smallest absolute Gasteiger partial charge is 0.238 e. The van der Waals surface area contributed by atoms with Crippen molar-refractivity contribution in [1.82, 2.24) is 4.90 Å². The number of amides is 2. The van der Waals surface area contributed by atoms with Gasteiger partial charge in [-0.15, -0.1) is 0 Å². The second-order valence-corrected chi connectivity index (χ2v) is 6.90. The van der Waals surface area contributed by atoms with Crippen molar-refractivity contribution < 1.29 is 9.59 Å². The van der Waals surface area contributed by atoms with Crippen molar-refractivity contribution >= 4 is 57.6 Å². The molecule has 2 rings (SSSR count). The van der Waals surface area contributed by atoms with Crippen molar-refractivity contribution in [2.45, 2.75) is 25.5 Å². The normalized spacial score (nSPS) is 20.0. The topological polar surface area (TPSA) is 61.8 Å². The van der Waals surface area contributed by atoms with Crippen molar-refractivity contribution in [2.24, 2.45) is 4.99 Å². The van der Waals surface area contributed by atoms with Gasteiger partial charge in [0.15, 0.2) is 5.17 Å². The quantitative estimate of drug-likeness (QED) is 0.875. The molecule has 1 heterocycles. The van der Waals surface area contributed by atoms with Gasteiger partial charge in [0.1, 0.15) is 5.25 Å². The van der Waals surface area contributed by atoms with Crippen molar-refractivity contribution in [3.63, 3.8) is 0 Å². The van der Waals surface area contributed by atoms with Crippen molar-refractivity contribution in [1.29, 1.82) is 0 Å². The largest absolute Gasteiger partial charge is 0.325 e. The molecule has 0 saturated carbocycles. The summed E-state index contributed by atoms with van der Waals surface area (Å²) in [4.78, 5) is 30.6. The third-order valence-corrected chi connectivity index (χ3v) is 4.83. The van der Waals surface area contributed by atoms with E-state index in [0.717, 1.165) is 0 Å². The second-order valence-electron chi connectivity index (χ2n) is 4.85. The lowest BCUT2D eigenvalue weighted by molar-refractivity contribution is -0.129. The van der Waals surface area contributed by atoms with Gasteiger partial charge in [-0.2, -0.15) is 0 Å². The lowest BCUT2D eigenvalue weighted by atomic mass is 10.2. The highest BCUT2D eigenvalue weighted by Gasteiger charge is 2.34. The lowest BCUT2D eigenvalue weighted by Gasteiger charge is -2.30. The monoisotopic (exact) mass is 373 g/mol. The van der Waals surface area contributed by atoms with Gasteiger partial charge < -0.3 is 5.32 Å². The molecule has 0 unspecified atom stereocenters. The summed E-state index contributed by atoms with van der Waals surface area (Å²) in [7, 11) is 0. The van der Waals surface area contributed by atoms with Gasteiger partial charge in [-0.25, -0.2) is 0 Å².